The van der Waals surface area contributed by atoms with Crippen LogP contribution in [0.2, 0.25) is 5.02 Å². The molecule has 0 radical (unpaired) electrons. The summed E-state index contributed by atoms with van der Waals surface area (Å²) in [5.41, 5.74) is 1.11. The van der Waals surface area contributed by atoms with Gasteiger partial charge >= 0.3 is 0 Å². The highest BCUT2D eigenvalue weighted by Crippen LogP contribution is 2.23. The van der Waals surface area contributed by atoms with Crippen LogP contribution in [0, 0.1) is 0 Å². The lowest BCUT2D eigenvalue weighted by Gasteiger charge is -2.31. The van der Waals surface area contributed by atoms with Crippen LogP contribution < -0.4 is 10.1 Å². The first-order chi connectivity index (χ1) is 13.9. The predicted molar refractivity (Wildman–Crippen MR) is 116 cm³/mol. The second-order valence-electron chi connectivity index (χ2n) is 7.13. The lowest BCUT2D eigenvalue weighted by molar-refractivity contribution is -0.142. The summed E-state index contributed by atoms with van der Waals surface area (Å²) in [5, 5.41) is 3.36. The molecule has 0 aliphatic carbocycles. The number of carbonyl (C=O) groups is 2. The van der Waals surface area contributed by atoms with Gasteiger partial charge in [0.1, 0.15) is 11.8 Å². The van der Waals surface area contributed by atoms with Gasteiger partial charge in [-0.25, -0.2) is 0 Å². The van der Waals surface area contributed by atoms with E-state index in [1.807, 2.05) is 51.1 Å². The summed E-state index contributed by atoms with van der Waals surface area (Å²) in [6.07, 6.45) is 1.18. The number of para-hydroxylation sites is 1. The molecule has 6 heteroatoms. The van der Waals surface area contributed by atoms with Crippen molar-refractivity contribution in [1.29, 1.82) is 0 Å². The van der Waals surface area contributed by atoms with Gasteiger partial charge < -0.3 is 15.0 Å². The fourth-order valence-electron chi connectivity index (χ4n) is 3.06. The summed E-state index contributed by atoms with van der Waals surface area (Å²) in [5.74, 6) is 0.0541. The van der Waals surface area contributed by atoms with Crippen molar-refractivity contribution in [2.24, 2.45) is 0 Å². The summed E-state index contributed by atoms with van der Waals surface area (Å²) in [4.78, 5) is 27.3. The van der Waals surface area contributed by atoms with E-state index in [9.17, 15) is 9.59 Å². The summed E-state index contributed by atoms with van der Waals surface area (Å²) >= 11 is 6.11. The van der Waals surface area contributed by atoms with E-state index in [1.54, 1.807) is 29.2 Å². The van der Waals surface area contributed by atoms with Gasteiger partial charge in [0.25, 0.3) is 5.91 Å². The highest BCUT2D eigenvalue weighted by atomic mass is 35.5. The van der Waals surface area contributed by atoms with Gasteiger partial charge in [-0.3, -0.25) is 9.59 Å². The monoisotopic (exact) mass is 416 g/mol. The van der Waals surface area contributed by atoms with E-state index in [-0.39, 0.29) is 24.5 Å². The molecular weight excluding hydrogens is 388 g/mol. The minimum Gasteiger partial charge on any atom is -0.482 e. The van der Waals surface area contributed by atoms with Crippen molar-refractivity contribution in [1.82, 2.24) is 10.2 Å². The van der Waals surface area contributed by atoms with Gasteiger partial charge in [0.15, 0.2) is 6.61 Å². The quantitative estimate of drug-likeness (QED) is 0.634. The molecule has 2 amide bonds. The minimum atomic E-state index is -0.552. The van der Waals surface area contributed by atoms with Gasteiger partial charge in [0, 0.05) is 12.6 Å². The number of amides is 2. The molecular formula is C23H29ClN2O3. The lowest BCUT2D eigenvalue weighted by atomic mass is 10.1. The van der Waals surface area contributed by atoms with Crippen LogP contribution in [0.3, 0.4) is 0 Å². The van der Waals surface area contributed by atoms with Gasteiger partial charge in [0.2, 0.25) is 5.91 Å². The smallest absolute Gasteiger partial charge is 0.261 e. The van der Waals surface area contributed by atoms with E-state index in [4.69, 9.17) is 16.3 Å². The molecule has 2 rings (SSSR count). The van der Waals surface area contributed by atoms with E-state index < -0.39 is 6.04 Å². The first-order valence-electron chi connectivity index (χ1n) is 9.93. The Morgan fingerprint density at radius 1 is 1.07 bits per heavy atom. The second-order valence-corrected chi connectivity index (χ2v) is 7.54. The maximum absolute atomic E-state index is 13.0. The summed E-state index contributed by atoms with van der Waals surface area (Å²) in [6.45, 7) is 5.97. The molecule has 29 heavy (non-hydrogen) atoms. The molecule has 0 saturated carbocycles. The Hall–Kier alpha value is -2.53. The number of nitrogens with one attached hydrogen (secondary N) is 1. The summed E-state index contributed by atoms with van der Waals surface area (Å²) in [6, 6.07) is 16.4. The van der Waals surface area contributed by atoms with Crippen molar-refractivity contribution < 1.29 is 14.3 Å². The van der Waals surface area contributed by atoms with Crippen LogP contribution in [0.4, 0.5) is 0 Å². The highest BCUT2D eigenvalue weighted by molar-refractivity contribution is 6.32. The Kier molecular flexibility index (Phi) is 9.00. The summed E-state index contributed by atoms with van der Waals surface area (Å²) in [7, 11) is 0. The zero-order valence-corrected chi connectivity index (χ0v) is 18.0. The van der Waals surface area contributed by atoms with Crippen LogP contribution in [0.25, 0.3) is 0 Å². The number of benzene rings is 2. The van der Waals surface area contributed by atoms with Gasteiger partial charge in [0.05, 0.1) is 5.02 Å². The van der Waals surface area contributed by atoms with Crippen LogP contribution in [-0.2, 0) is 16.0 Å². The van der Waals surface area contributed by atoms with Crippen molar-refractivity contribution in [3.05, 3.63) is 65.2 Å². The largest absolute Gasteiger partial charge is 0.482 e. The van der Waals surface area contributed by atoms with Gasteiger partial charge in [-0.1, -0.05) is 61.0 Å². The molecule has 0 fully saturated rings. The van der Waals surface area contributed by atoms with Crippen molar-refractivity contribution in [3.8, 4) is 5.75 Å². The molecule has 156 valence electrons. The molecule has 0 bridgehead atoms. The first-order valence-corrected chi connectivity index (χ1v) is 10.3. The molecule has 0 aromatic heterocycles. The van der Waals surface area contributed by atoms with E-state index in [2.05, 4.69) is 5.32 Å². The van der Waals surface area contributed by atoms with Crippen molar-refractivity contribution in [3.63, 3.8) is 0 Å². The second kappa shape index (κ2) is 11.5. The third-order valence-corrected chi connectivity index (χ3v) is 4.80. The number of rotatable bonds is 10. The van der Waals surface area contributed by atoms with Crippen molar-refractivity contribution in [2.45, 2.75) is 45.7 Å². The van der Waals surface area contributed by atoms with Crippen LogP contribution >= 0.6 is 11.6 Å². The maximum atomic E-state index is 13.0. The summed E-state index contributed by atoms with van der Waals surface area (Å²) < 4.78 is 5.63. The van der Waals surface area contributed by atoms with E-state index in [1.165, 1.54) is 0 Å². The predicted octanol–water partition coefficient (Wildman–Crippen LogP) is 4.09. The third kappa shape index (κ3) is 7.09. The Labute approximate surface area is 178 Å². The number of nitrogens with zero attached hydrogens (tertiary/aromatic N) is 1. The molecule has 0 aliphatic heterocycles. The third-order valence-electron chi connectivity index (χ3n) is 4.49. The molecule has 2 aromatic carbocycles. The molecule has 0 aliphatic rings. The minimum absolute atomic E-state index is 0.00185. The van der Waals surface area contributed by atoms with Crippen molar-refractivity contribution in [2.75, 3.05) is 13.2 Å². The normalized spacial score (nSPS) is 11.8. The fourth-order valence-corrected chi connectivity index (χ4v) is 3.25. The Bertz CT molecular complexity index is 796. The standard InChI is InChI=1S/C23H29ClN2O3/c1-4-20(23(28)25-17(2)3)26(15-14-18-10-6-5-7-11-18)22(27)16-29-21-13-9-8-12-19(21)24/h5-13,17,20H,4,14-16H2,1-3H3,(H,25,28). The van der Waals surface area contributed by atoms with E-state index in [0.29, 0.717) is 30.2 Å². The Balaban J connectivity index is 2.13. The van der Waals surface area contributed by atoms with E-state index in [0.717, 1.165) is 5.56 Å². The van der Waals surface area contributed by atoms with Gasteiger partial charge in [-0.05, 0) is 44.4 Å². The maximum Gasteiger partial charge on any atom is 0.261 e. The lowest BCUT2D eigenvalue weighted by Crippen LogP contribution is -2.52. The van der Waals surface area contributed by atoms with Crippen LogP contribution in [0.5, 0.6) is 5.75 Å². The SMILES string of the molecule is CCC(C(=O)NC(C)C)N(CCc1ccccc1)C(=O)COc1ccccc1Cl. The average molecular weight is 417 g/mol. The molecule has 1 unspecified atom stereocenters. The molecule has 5 nitrogen and oxygen atoms in total. The van der Waals surface area contributed by atoms with Gasteiger partial charge in [-0.15, -0.1) is 0 Å². The van der Waals surface area contributed by atoms with Gasteiger partial charge in [-0.2, -0.15) is 0 Å². The Morgan fingerprint density at radius 3 is 2.34 bits per heavy atom. The Morgan fingerprint density at radius 2 is 1.72 bits per heavy atom. The molecule has 0 saturated heterocycles. The zero-order valence-electron chi connectivity index (χ0n) is 17.2. The van der Waals surface area contributed by atoms with E-state index >= 15 is 0 Å². The first kappa shape index (κ1) is 22.8. The number of hydrogen-bond acceptors (Lipinski definition) is 3. The van der Waals surface area contributed by atoms with Crippen LogP contribution in [0.1, 0.15) is 32.8 Å². The average Bonchev–Trinajstić information content (AvgIpc) is 2.70. The molecule has 0 spiro atoms. The van der Waals surface area contributed by atoms with Crippen molar-refractivity contribution >= 4 is 23.4 Å². The zero-order chi connectivity index (χ0) is 21.2. The fraction of sp³-hybridized carbons (Fsp3) is 0.391. The molecule has 2 aromatic rings. The topological polar surface area (TPSA) is 58.6 Å². The number of carbonyl (C=O) groups excluding carboxylic acids is 2. The number of halogens is 1. The molecule has 0 heterocycles. The number of ether oxygens (including phenoxy) is 1. The molecule has 1 atom stereocenters. The van der Waals surface area contributed by atoms with Crippen LogP contribution in [0.15, 0.2) is 54.6 Å². The van der Waals surface area contributed by atoms with Crippen LogP contribution in [-0.4, -0.2) is 41.9 Å². The molecule has 1 N–H and O–H groups in total. The highest BCUT2D eigenvalue weighted by Gasteiger charge is 2.29. The number of hydrogen-bond donors (Lipinski definition) is 1.